The normalized spacial score (nSPS) is 28.1. The summed E-state index contributed by atoms with van der Waals surface area (Å²) in [6, 6.07) is 6.34. The third-order valence-electron chi connectivity index (χ3n) is 6.16. The second kappa shape index (κ2) is 7.75. The standard InChI is InChI=1S/C20H26N2O5S/c1-3-4-11-20(14-22(24)25)13-21(16-7-10-19(23)18(20)12-16)28(26,27)17-8-5-15(2)6-9-17/h3,5-6,8-9,16,18H,1,4,7,10-14H2,2H3/t16-,18-,20?/m1/s1. The lowest BCUT2D eigenvalue weighted by Crippen LogP contribution is -2.61. The molecule has 2 fully saturated rings. The van der Waals surface area contributed by atoms with E-state index < -0.39 is 32.8 Å². The van der Waals surface area contributed by atoms with Crippen molar-refractivity contribution in [3.05, 3.63) is 52.6 Å². The van der Waals surface area contributed by atoms with E-state index in [-0.39, 0.29) is 29.7 Å². The number of carbonyl (C=O) groups excluding carboxylic acids is 1. The number of piperidine rings is 1. The Morgan fingerprint density at radius 2 is 2.04 bits per heavy atom. The van der Waals surface area contributed by atoms with Gasteiger partial charge in [0.1, 0.15) is 5.78 Å². The van der Waals surface area contributed by atoms with Gasteiger partial charge in [-0.1, -0.05) is 23.8 Å². The molecule has 2 aliphatic rings. The maximum Gasteiger partial charge on any atom is 0.243 e. The van der Waals surface area contributed by atoms with Gasteiger partial charge in [0, 0.05) is 29.8 Å². The number of rotatable bonds is 7. The summed E-state index contributed by atoms with van der Waals surface area (Å²) >= 11 is 0. The van der Waals surface area contributed by atoms with Crippen molar-refractivity contribution in [1.82, 2.24) is 4.31 Å². The number of sulfonamides is 1. The SMILES string of the molecule is C=CCCC1(C[N+](=O)[O-])CN(S(=O)(=O)c2ccc(C)cc2)[C@@H]2CCC(=O)[C@H]1C2. The second-order valence-electron chi connectivity index (χ2n) is 7.99. The first-order chi connectivity index (χ1) is 13.2. The van der Waals surface area contributed by atoms with Gasteiger partial charge in [0.25, 0.3) is 0 Å². The van der Waals surface area contributed by atoms with E-state index in [9.17, 15) is 23.3 Å². The fourth-order valence-electron chi connectivity index (χ4n) is 4.67. The summed E-state index contributed by atoms with van der Waals surface area (Å²) in [6.45, 7) is 5.16. The first kappa shape index (κ1) is 20.7. The van der Waals surface area contributed by atoms with Crippen LogP contribution in [-0.2, 0) is 14.8 Å². The quantitative estimate of drug-likeness (QED) is 0.394. The number of fused-ring (bicyclic) bond motifs is 2. The van der Waals surface area contributed by atoms with Gasteiger partial charge < -0.3 is 0 Å². The van der Waals surface area contributed by atoms with Gasteiger partial charge in [-0.15, -0.1) is 6.58 Å². The molecule has 0 spiro atoms. The van der Waals surface area contributed by atoms with Crippen LogP contribution in [0.25, 0.3) is 0 Å². The predicted octanol–water partition coefficient (Wildman–Crippen LogP) is 2.97. The molecule has 0 amide bonds. The summed E-state index contributed by atoms with van der Waals surface area (Å²) < 4.78 is 28.2. The van der Waals surface area contributed by atoms with Gasteiger partial charge in [0.15, 0.2) is 0 Å². The molecule has 1 unspecified atom stereocenters. The Morgan fingerprint density at radius 1 is 1.36 bits per heavy atom. The highest BCUT2D eigenvalue weighted by molar-refractivity contribution is 7.89. The Balaban J connectivity index is 2.04. The molecular formula is C20H26N2O5S. The molecule has 28 heavy (non-hydrogen) atoms. The molecule has 152 valence electrons. The van der Waals surface area contributed by atoms with Crippen LogP contribution in [0.3, 0.4) is 0 Å². The third-order valence-corrected chi connectivity index (χ3v) is 8.07. The summed E-state index contributed by atoms with van der Waals surface area (Å²) in [6.07, 6.45) is 3.63. The highest BCUT2D eigenvalue weighted by atomic mass is 32.2. The maximum atomic E-state index is 13.4. The smallest absolute Gasteiger partial charge is 0.243 e. The van der Waals surface area contributed by atoms with Gasteiger partial charge in [-0.2, -0.15) is 4.31 Å². The van der Waals surface area contributed by atoms with E-state index in [1.165, 1.54) is 4.31 Å². The van der Waals surface area contributed by atoms with Crippen LogP contribution in [0.1, 0.15) is 37.7 Å². The molecular weight excluding hydrogens is 380 g/mol. The Bertz CT molecular complexity index is 880. The molecule has 8 heteroatoms. The molecule has 0 N–H and O–H groups in total. The van der Waals surface area contributed by atoms with Gasteiger partial charge in [-0.3, -0.25) is 14.9 Å². The summed E-state index contributed by atoms with van der Waals surface area (Å²) in [4.78, 5) is 23.9. The molecule has 1 aliphatic heterocycles. The molecule has 1 aromatic rings. The van der Waals surface area contributed by atoms with Crippen LogP contribution < -0.4 is 0 Å². The van der Waals surface area contributed by atoms with Crippen molar-refractivity contribution >= 4 is 15.8 Å². The van der Waals surface area contributed by atoms with E-state index in [0.717, 1.165) is 5.56 Å². The van der Waals surface area contributed by atoms with Crippen LogP contribution in [0, 0.1) is 28.4 Å². The van der Waals surface area contributed by atoms with Gasteiger partial charge in [-0.25, -0.2) is 8.42 Å². The first-order valence-corrected chi connectivity index (χ1v) is 11.0. The lowest BCUT2D eigenvalue weighted by atomic mass is 9.62. The van der Waals surface area contributed by atoms with Crippen LogP contribution in [0.4, 0.5) is 0 Å². The fourth-order valence-corrected chi connectivity index (χ4v) is 6.44. The average Bonchev–Trinajstić information content (AvgIpc) is 2.64. The summed E-state index contributed by atoms with van der Waals surface area (Å²) in [5.74, 6) is -0.449. The highest BCUT2D eigenvalue weighted by Crippen LogP contribution is 2.48. The number of nitro groups is 1. The van der Waals surface area contributed by atoms with Crippen LogP contribution >= 0.6 is 0 Å². The molecule has 0 aromatic heterocycles. The number of carbonyl (C=O) groups is 1. The van der Waals surface area contributed by atoms with Gasteiger partial charge in [0.05, 0.1) is 10.3 Å². The minimum absolute atomic E-state index is 0.000890. The van der Waals surface area contributed by atoms with E-state index >= 15 is 0 Å². The molecule has 1 saturated heterocycles. The van der Waals surface area contributed by atoms with Crippen LogP contribution in [0.5, 0.6) is 0 Å². The number of nitrogens with zero attached hydrogens (tertiary/aromatic N) is 2. The molecule has 1 heterocycles. The van der Waals surface area contributed by atoms with Crippen molar-refractivity contribution in [2.24, 2.45) is 11.3 Å². The predicted molar refractivity (Wildman–Crippen MR) is 105 cm³/mol. The zero-order valence-electron chi connectivity index (χ0n) is 16.0. The molecule has 3 atom stereocenters. The molecule has 1 saturated carbocycles. The van der Waals surface area contributed by atoms with Crippen molar-refractivity contribution in [2.75, 3.05) is 13.1 Å². The zero-order chi connectivity index (χ0) is 20.5. The second-order valence-corrected chi connectivity index (χ2v) is 9.88. The fraction of sp³-hybridized carbons (Fsp3) is 0.550. The van der Waals surface area contributed by atoms with Gasteiger partial charge in [-0.05, 0) is 44.7 Å². The number of aryl methyl sites for hydroxylation is 1. The lowest BCUT2D eigenvalue weighted by molar-refractivity contribution is -0.501. The summed E-state index contributed by atoms with van der Waals surface area (Å²) in [7, 11) is -3.81. The lowest BCUT2D eigenvalue weighted by Gasteiger charge is -2.51. The van der Waals surface area contributed by atoms with Gasteiger partial charge in [0.2, 0.25) is 16.6 Å². The Labute approximate surface area is 165 Å². The number of Topliss-reactive ketones (excluding diaryl/α,β-unsaturated/α-hetero) is 1. The molecule has 7 nitrogen and oxygen atoms in total. The molecule has 2 bridgehead atoms. The number of benzene rings is 1. The summed E-state index contributed by atoms with van der Waals surface area (Å²) in [5, 5.41) is 11.5. The minimum Gasteiger partial charge on any atom is -0.299 e. The third kappa shape index (κ3) is 3.75. The summed E-state index contributed by atoms with van der Waals surface area (Å²) in [5.41, 5.74) is -0.0432. The van der Waals surface area contributed by atoms with Crippen molar-refractivity contribution in [3.63, 3.8) is 0 Å². The Kier molecular flexibility index (Phi) is 5.72. The van der Waals surface area contributed by atoms with Crippen molar-refractivity contribution in [1.29, 1.82) is 0 Å². The van der Waals surface area contributed by atoms with E-state index in [1.807, 2.05) is 6.92 Å². The molecule has 0 radical (unpaired) electrons. The Morgan fingerprint density at radius 3 is 2.64 bits per heavy atom. The number of ketones is 1. The molecule has 1 aliphatic carbocycles. The largest absolute Gasteiger partial charge is 0.299 e. The van der Waals surface area contributed by atoms with E-state index in [2.05, 4.69) is 6.58 Å². The average molecular weight is 407 g/mol. The number of hydrogen-bond acceptors (Lipinski definition) is 5. The van der Waals surface area contributed by atoms with Crippen molar-refractivity contribution in [3.8, 4) is 0 Å². The molecule has 3 rings (SSSR count). The number of hydrogen-bond donors (Lipinski definition) is 0. The first-order valence-electron chi connectivity index (χ1n) is 9.53. The Hall–Kier alpha value is -2.06. The van der Waals surface area contributed by atoms with E-state index in [1.54, 1.807) is 30.3 Å². The highest BCUT2D eigenvalue weighted by Gasteiger charge is 2.56. The monoisotopic (exact) mass is 406 g/mol. The van der Waals surface area contributed by atoms with Crippen LogP contribution in [-0.4, -0.2) is 42.6 Å². The minimum atomic E-state index is -3.81. The van der Waals surface area contributed by atoms with Gasteiger partial charge >= 0.3 is 0 Å². The van der Waals surface area contributed by atoms with E-state index in [0.29, 0.717) is 25.7 Å². The van der Waals surface area contributed by atoms with Crippen molar-refractivity contribution < 1.29 is 18.1 Å². The maximum absolute atomic E-state index is 13.4. The molecule has 1 aromatic carbocycles. The topological polar surface area (TPSA) is 97.6 Å². The zero-order valence-corrected chi connectivity index (χ0v) is 16.9. The van der Waals surface area contributed by atoms with Crippen molar-refractivity contribution in [2.45, 2.75) is 50.0 Å². The van der Waals surface area contributed by atoms with Crippen LogP contribution in [0.15, 0.2) is 41.8 Å². The van der Waals surface area contributed by atoms with E-state index in [4.69, 9.17) is 0 Å². The van der Waals surface area contributed by atoms with Crippen LogP contribution in [0.2, 0.25) is 0 Å². The number of allylic oxidation sites excluding steroid dienone is 1.